The summed E-state index contributed by atoms with van der Waals surface area (Å²) in [4.78, 5) is 47.8. The molecule has 3 rings (SSSR count). The van der Waals surface area contributed by atoms with E-state index < -0.39 is 11.8 Å². The van der Waals surface area contributed by atoms with Gasteiger partial charge in [-0.3, -0.25) is 14.4 Å². The van der Waals surface area contributed by atoms with Crippen LogP contribution in [0.1, 0.15) is 31.3 Å². The van der Waals surface area contributed by atoms with E-state index in [4.69, 9.17) is 0 Å². The summed E-state index contributed by atoms with van der Waals surface area (Å²) in [5, 5.41) is 0. The van der Waals surface area contributed by atoms with Crippen LogP contribution >= 0.6 is 0 Å². The smallest absolute Gasteiger partial charge is 0.286 e. The Balaban J connectivity index is 1.86. The second kappa shape index (κ2) is 7.10. The zero-order valence-corrected chi connectivity index (χ0v) is 14.0. The molecule has 1 aliphatic heterocycles. The third-order valence-electron chi connectivity index (χ3n) is 3.87. The van der Waals surface area contributed by atoms with Crippen molar-refractivity contribution in [3.63, 3.8) is 0 Å². The maximum absolute atomic E-state index is 12.5. The Morgan fingerprint density at radius 3 is 1.92 bits per heavy atom. The van der Waals surface area contributed by atoms with Crippen molar-refractivity contribution in [3.8, 4) is 0 Å². The molecule has 2 aromatic rings. The summed E-state index contributed by atoms with van der Waals surface area (Å²) >= 11 is 0. The number of hydrogen-bond acceptors (Lipinski definition) is 5. The van der Waals surface area contributed by atoms with E-state index in [-0.39, 0.29) is 17.3 Å². The van der Waals surface area contributed by atoms with Crippen molar-refractivity contribution in [1.82, 2.24) is 14.9 Å². The average Bonchev–Trinajstić information content (AvgIpc) is 2.92. The van der Waals surface area contributed by atoms with E-state index in [1.165, 1.54) is 12.4 Å². The highest BCUT2D eigenvalue weighted by Gasteiger charge is 2.39. The van der Waals surface area contributed by atoms with Crippen LogP contribution in [0.2, 0.25) is 0 Å². The van der Waals surface area contributed by atoms with Crippen molar-refractivity contribution in [2.75, 3.05) is 18.0 Å². The molecule has 0 spiro atoms. The van der Waals surface area contributed by atoms with Crippen LogP contribution in [-0.4, -0.2) is 45.7 Å². The number of imide groups is 1. The Kier molecular flexibility index (Phi) is 4.70. The summed E-state index contributed by atoms with van der Waals surface area (Å²) in [6.45, 7) is 8.06. The van der Waals surface area contributed by atoms with Crippen molar-refractivity contribution >= 4 is 23.4 Å². The zero-order valence-electron chi connectivity index (χ0n) is 14.0. The third kappa shape index (κ3) is 2.90. The molecule has 2 heterocycles. The fraction of sp³-hybridized carbons (Fsp3) is 0.105. The molecule has 0 aliphatic carbocycles. The van der Waals surface area contributed by atoms with Gasteiger partial charge in [0.1, 0.15) is 0 Å². The molecule has 7 heteroatoms. The summed E-state index contributed by atoms with van der Waals surface area (Å²) in [6, 6.07) is 6.24. The molecule has 0 saturated heterocycles. The van der Waals surface area contributed by atoms with Crippen LogP contribution in [0, 0.1) is 0 Å². The first-order valence-corrected chi connectivity index (χ1v) is 7.89. The van der Waals surface area contributed by atoms with Crippen LogP contribution in [0.25, 0.3) is 0 Å². The second-order valence-electron chi connectivity index (χ2n) is 5.53. The molecule has 0 saturated carbocycles. The molecule has 1 aromatic heterocycles. The lowest BCUT2D eigenvalue weighted by Crippen LogP contribution is -2.32. The van der Waals surface area contributed by atoms with Gasteiger partial charge in [-0.2, -0.15) is 0 Å². The monoisotopic (exact) mass is 348 g/mol. The number of amides is 3. The summed E-state index contributed by atoms with van der Waals surface area (Å²) in [6.07, 6.45) is 6.00. The van der Waals surface area contributed by atoms with E-state index in [9.17, 15) is 14.4 Å². The third-order valence-corrected chi connectivity index (χ3v) is 3.87. The number of carbonyl (C=O) groups is 3. The molecule has 0 unspecified atom stereocenters. The lowest BCUT2D eigenvalue weighted by Gasteiger charge is -2.20. The summed E-state index contributed by atoms with van der Waals surface area (Å²) in [5.74, 6) is -1.25. The first-order valence-electron chi connectivity index (χ1n) is 7.89. The van der Waals surface area contributed by atoms with Crippen LogP contribution in [0.4, 0.5) is 5.69 Å². The molecule has 0 bridgehead atoms. The van der Waals surface area contributed by atoms with Gasteiger partial charge < -0.3 is 4.90 Å². The average molecular weight is 348 g/mol. The van der Waals surface area contributed by atoms with Gasteiger partial charge in [0.25, 0.3) is 17.7 Å². The van der Waals surface area contributed by atoms with E-state index in [1.54, 1.807) is 41.3 Å². The lowest BCUT2D eigenvalue weighted by molar-refractivity contribution is 0.0790. The second-order valence-corrected chi connectivity index (χ2v) is 5.53. The molecule has 0 radical (unpaired) electrons. The van der Waals surface area contributed by atoms with Crippen molar-refractivity contribution in [1.29, 1.82) is 0 Å². The predicted molar refractivity (Wildman–Crippen MR) is 95.9 cm³/mol. The highest BCUT2D eigenvalue weighted by atomic mass is 16.2. The van der Waals surface area contributed by atoms with E-state index in [1.807, 2.05) is 0 Å². The van der Waals surface area contributed by atoms with Gasteiger partial charge in [-0.15, -0.1) is 13.2 Å². The SMILES string of the molecule is C=CCN(CC=C)C(=O)c1ccc(N2C(=O)c3nccnc3C2=O)cc1. The minimum atomic E-state index is -0.530. The number of aromatic nitrogens is 2. The van der Waals surface area contributed by atoms with Gasteiger partial charge in [-0.25, -0.2) is 14.9 Å². The normalized spacial score (nSPS) is 12.7. The Morgan fingerprint density at radius 1 is 0.962 bits per heavy atom. The summed E-state index contributed by atoms with van der Waals surface area (Å²) in [7, 11) is 0. The summed E-state index contributed by atoms with van der Waals surface area (Å²) < 4.78 is 0. The number of anilines is 1. The molecule has 1 aromatic carbocycles. The molecule has 1 aliphatic rings. The number of carbonyl (C=O) groups excluding carboxylic acids is 3. The highest BCUT2D eigenvalue weighted by Crippen LogP contribution is 2.26. The number of rotatable bonds is 6. The molecule has 130 valence electrons. The quantitative estimate of drug-likeness (QED) is 0.590. The molecule has 26 heavy (non-hydrogen) atoms. The first-order chi connectivity index (χ1) is 12.6. The van der Waals surface area contributed by atoms with Gasteiger partial charge in [-0.05, 0) is 24.3 Å². The molecule has 7 nitrogen and oxygen atoms in total. The Labute approximate surface area is 150 Å². The molecule has 0 fully saturated rings. The maximum Gasteiger partial charge on any atom is 0.286 e. The van der Waals surface area contributed by atoms with E-state index in [2.05, 4.69) is 23.1 Å². The van der Waals surface area contributed by atoms with Crippen LogP contribution in [0.15, 0.2) is 62.0 Å². The maximum atomic E-state index is 12.5. The van der Waals surface area contributed by atoms with E-state index in [0.29, 0.717) is 24.3 Å². The van der Waals surface area contributed by atoms with Gasteiger partial charge in [0.2, 0.25) is 0 Å². The minimum absolute atomic E-state index is 0.0285. The van der Waals surface area contributed by atoms with E-state index in [0.717, 1.165) is 4.90 Å². The van der Waals surface area contributed by atoms with Gasteiger partial charge in [0.05, 0.1) is 5.69 Å². The molecular weight excluding hydrogens is 332 g/mol. The van der Waals surface area contributed by atoms with Crippen molar-refractivity contribution < 1.29 is 14.4 Å². The summed E-state index contributed by atoms with van der Waals surface area (Å²) in [5.41, 5.74) is 0.849. The molecule has 0 N–H and O–H groups in total. The molecule has 3 amide bonds. The van der Waals surface area contributed by atoms with Crippen LogP contribution < -0.4 is 4.90 Å². The Morgan fingerprint density at radius 2 is 1.46 bits per heavy atom. The van der Waals surface area contributed by atoms with Gasteiger partial charge in [-0.1, -0.05) is 12.2 Å². The standard InChI is InChI=1S/C19H16N4O3/c1-3-11-22(12-4-2)17(24)13-5-7-14(8-6-13)23-18(25)15-16(19(23)26)21-10-9-20-15/h3-10H,1-2,11-12H2. The number of fused-ring (bicyclic) bond motifs is 1. The Bertz CT molecular complexity index is 860. The predicted octanol–water partition coefficient (Wildman–Crippen LogP) is 2.09. The highest BCUT2D eigenvalue weighted by molar-refractivity contribution is 6.33. The zero-order chi connectivity index (χ0) is 18.7. The number of nitrogens with zero attached hydrogens (tertiary/aromatic N) is 4. The van der Waals surface area contributed by atoms with E-state index >= 15 is 0 Å². The van der Waals surface area contributed by atoms with Gasteiger partial charge in [0, 0.05) is 31.0 Å². The van der Waals surface area contributed by atoms with Gasteiger partial charge in [0.15, 0.2) is 11.4 Å². The van der Waals surface area contributed by atoms with Crippen LogP contribution in [-0.2, 0) is 0 Å². The van der Waals surface area contributed by atoms with Crippen molar-refractivity contribution in [2.24, 2.45) is 0 Å². The molecular formula is C19H16N4O3. The fourth-order valence-electron chi connectivity index (χ4n) is 2.68. The molecule has 0 atom stereocenters. The topological polar surface area (TPSA) is 83.5 Å². The Hall–Kier alpha value is -3.61. The van der Waals surface area contributed by atoms with Crippen molar-refractivity contribution in [3.05, 3.63) is 78.9 Å². The first kappa shape index (κ1) is 17.2. The number of hydrogen-bond donors (Lipinski definition) is 0. The lowest BCUT2D eigenvalue weighted by atomic mass is 10.1. The fourth-order valence-corrected chi connectivity index (χ4v) is 2.68. The minimum Gasteiger partial charge on any atom is -0.331 e. The largest absolute Gasteiger partial charge is 0.331 e. The van der Waals surface area contributed by atoms with Gasteiger partial charge >= 0.3 is 0 Å². The number of benzene rings is 1. The van der Waals surface area contributed by atoms with Crippen molar-refractivity contribution in [2.45, 2.75) is 0 Å². The van der Waals surface area contributed by atoms with Crippen LogP contribution in [0.5, 0.6) is 0 Å². The van der Waals surface area contributed by atoms with Crippen LogP contribution in [0.3, 0.4) is 0 Å².